The first-order chi connectivity index (χ1) is 11.5. The molecule has 0 aliphatic carbocycles. The van der Waals surface area contributed by atoms with E-state index in [0.29, 0.717) is 16.3 Å². The molecule has 1 N–H and O–H groups in total. The van der Waals surface area contributed by atoms with Crippen molar-refractivity contribution in [2.75, 3.05) is 5.75 Å². The Bertz CT molecular complexity index is 761. The van der Waals surface area contributed by atoms with Crippen LogP contribution in [0.5, 0.6) is 0 Å². The Hall–Kier alpha value is -2.38. The van der Waals surface area contributed by atoms with Crippen LogP contribution in [0.2, 0.25) is 5.02 Å². The molecule has 2 aromatic rings. The fourth-order valence-corrected chi connectivity index (χ4v) is 2.56. The van der Waals surface area contributed by atoms with Crippen molar-refractivity contribution in [2.45, 2.75) is 11.8 Å². The number of carbonyl (C=O) groups excluding carboxylic acids is 1. The number of thioether (sulfide) groups is 1. The van der Waals surface area contributed by atoms with Gasteiger partial charge in [0.05, 0.1) is 16.4 Å². The van der Waals surface area contributed by atoms with Crippen LogP contribution in [-0.2, 0) is 4.79 Å². The highest BCUT2D eigenvalue weighted by Gasteiger charge is 2.06. The van der Waals surface area contributed by atoms with E-state index in [1.54, 1.807) is 31.2 Å². The first-order valence-corrected chi connectivity index (χ1v) is 8.28. The predicted molar refractivity (Wildman–Crippen MR) is 95.6 cm³/mol. The van der Waals surface area contributed by atoms with Gasteiger partial charge in [0.25, 0.3) is 5.69 Å². The Labute approximate surface area is 148 Å². The number of hydrogen-bond donors (Lipinski definition) is 1. The van der Waals surface area contributed by atoms with Crippen molar-refractivity contribution in [3.8, 4) is 0 Å². The predicted octanol–water partition coefficient (Wildman–Crippen LogP) is 3.88. The minimum atomic E-state index is -0.466. The minimum Gasteiger partial charge on any atom is -0.272 e. The highest BCUT2D eigenvalue weighted by atomic mass is 35.5. The standard InChI is InChI=1S/C16H14ClN3O3S/c1-11(12-2-6-14(7-3-12)20(22)23)18-19-16(21)10-24-15-8-4-13(17)5-9-15/h2-9H,10H2,1H3,(H,19,21)/b18-11+. The fraction of sp³-hybridized carbons (Fsp3) is 0.125. The molecule has 1 amide bonds. The van der Waals surface area contributed by atoms with Gasteiger partial charge in [-0.2, -0.15) is 5.10 Å². The number of nitrogens with zero attached hydrogens (tertiary/aromatic N) is 2. The first kappa shape index (κ1) is 18.0. The minimum absolute atomic E-state index is 0.00921. The van der Waals surface area contributed by atoms with Crippen LogP contribution in [0.3, 0.4) is 0 Å². The largest absolute Gasteiger partial charge is 0.272 e. The third kappa shape index (κ3) is 5.36. The van der Waals surface area contributed by atoms with Gasteiger partial charge in [-0.1, -0.05) is 11.6 Å². The van der Waals surface area contributed by atoms with Gasteiger partial charge in [0, 0.05) is 22.1 Å². The van der Waals surface area contributed by atoms with Crippen molar-refractivity contribution in [1.82, 2.24) is 5.43 Å². The number of rotatable bonds is 6. The van der Waals surface area contributed by atoms with Crippen molar-refractivity contribution in [3.63, 3.8) is 0 Å². The van der Waals surface area contributed by atoms with Crippen LogP contribution in [0.4, 0.5) is 5.69 Å². The molecule has 0 heterocycles. The molecule has 0 fully saturated rings. The molecule has 8 heteroatoms. The van der Waals surface area contributed by atoms with E-state index in [1.165, 1.54) is 23.9 Å². The van der Waals surface area contributed by atoms with Gasteiger partial charge in [-0.15, -0.1) is 11.8 Å². The quantitative estimate of drug-likeness (QED) is 0.365. The molecule has 0 aliphatic heterocycles. The van der Waals surface area contributed by atoms with Crippen LogP contribution in [-0.4, -0.2) is 22.3 Å². The summed E-state index contributed by atoms with van der Waals surface area (Å²) >= 11 is 7.18. The summed E-state index contributed by atoms with van der Waals surface area (Å²) in [6.07, 6.45) is 0. The molecule has 0 aromatic heterocycles. The van der Waals surface area contributed by atoms with Gasteiger partial charge in [-0.25, -0.2) is 5.43 Å². The molecule has 0 radical (unpaired) electrons. The molecule has 0 spiro atoms. The van der Waals surface area contributed by atoms with Crippen LogP contribution in [0.1, 0.15) is 12.5 Å². The van der Waals surface area contributed by atoms with Gasteiger partial charge in [0.1, 0.15) is 0 Å². The van der Waals surface area contributed by atoms with Gasteiger partial charge in [-0.05, 0) is 48.9 Å². The van der Waals surface area contributed by atoms with Gasteiger partial charge >= 0.3 is 0 Å². The van der Waals surface area contributed by atoms with Crippen LogP contribution in [0, 0.1) is 10.1 Å². The molecular weight excluding hydrogens is 350 g/mol. The maximum Gasteiger partial charge on any atom is 0.269 e. The van der Waals surface area contributed by atoms with E-state index in [2.05, 4.69) is 10.5 Å². The molecule has 24 heavy (non-hydrogen) atoms. The Morgan fingerprint density at radius 1 is 1.21 bits per heavy atom. The lowest BCUT2D eigenvalue weighted by molar-refractivity contribution is -0.384. The summed E-state index contributed by atoms with van der Waals surface area (Å²) in [6.45, 7) is 1.72. The van der Waals surface area contributed by atoms with Gasteiger partial charge in [0.2, 0.25) is 5.91 Å². The van der Waals surface area contributed by atoms with Crippen molar-refractivity contribution >= 4 is 40.7 Å². The lowest BCUT2D eigenvalue weighted by atomic mass is 10.1. The van der Waals surface area contributed by atoms with E-state index in [9.17, 15) is 14.9 Å². The normalized spacial score (nSPS) is 11.2. The second-order valence-electron chi connectivity index (χ2n) is 4.78. The third-order valence-corrected chi connectivity index (χ3v) is 4.29. The molecule has 0 saturated heterocycles. The molecule has 0 unspecified atom stereocenters. The number of hydrogen-bond acceptors (Lipinski definition) is 5. The summed E-state index contributed by atoms with van der Waals surface area (Å²) < 4.78 is 0. The average molecular weight is 364 g/mol. The molecule has 0 saturated carbocycles. The van der Waals surface area contributed by atoms with E-state index >= 15 is 0 Å². The lowest BCUT2D eigenvalue weighted by Crippen LogP contribution is -2.21. The highest BCUT2D eigenvalue weighted by molar-refractivity contribution is 8.00. The molecular formula is C16H14ClN3O3S. The Balaban J connectivity index is 1.87. The highest BCUT2D eigenvalue weighted by Crippen LogP contribution is 2.20. The number of carbonyl (C=O) groups is 1. The number of non-ortho nitro benzene ring substituents is 1. The van der Waals surface area contributed by atoms with Crippen LogP contribution in [0.15, 0.2) is 58.5 Å². The zero-order valence-corrected chi connectivity index (χ0v) is 14.3. The van der Waals surface area contributed by atoms with E-state index < -0.39 is 4.92 Å². The number of halogens is 1. The fourth-order valence-electron chi connectivity index (χ4n) is 1.75. The third-order valence-electron chi connectivity index (χ3n) is 3.03. The zero-order chi connectivity index (χ0) is 17.5. The molecule has 0 atom stereocenters. The molecule has 2 aromatic carbocycles. The molecule has 0 aliphatic rings. The smallest absolute Gasteiger partial charge is 0.269 e. The number of benzene rings is 2. The van der Waals surface area contributed by atoms with Crippen molar-refractivity contribution in [3.05, 3.63) is 69.2 Å². The number of nitrogens with one attached hydrogen (secondary N) is 1. The van der Waals surface area contributed by atoms with E-state index in [-0.39, 0.29) is 17.3 Å². The summed E-state index contributed by atoms with van der Waals surface area (Å²) in [6, 6.07) is 13.2. The summed E-state index contributed by atoms with van der Waals surface area (Å²) in [7, 11) is 0. The molecule has 0 bridgehead atoms. The number of amides is 1. The Morgan fingerprint density at radius 2 is 1.83 bits per heavy atom. The van der Waals surface area contributed by atoms with Gasteiger partial charge in [0.15, 0.2) is 0 Å². The van der Waals surface area contributed by atoms with E-state index in [0.717, 1.165) is 4.90 Å². The molecule has 2 rings (SSSR count). The second kappa shape index (κ2) is 8.47. The maximum absolute atomic E-state index is 11.8. The first-order valence-electron chi connectivity index (χ1n) is 6.92. The Kier molecular flexibility index (Phi) is 6.34. The van der Waals surface area contributed by atoms with Crippen LogP contribution < -0.4 is 5.43 Å². The molecule has 6 nitrogen and oxygen atoms in total. The van der Waals surface area contributed by atoms with E-state index in [1.807, 2.05) is 12.1 Å². The van der Waals surface area contributed by atoms with Gasteiger partial charge in [-0.3, -0.25) is 14.9 Å². The topological polar surface area (TPSA) is 84.6 Å². The van der Waals surface area contributed by atoms with Crippen LogP contribution in [0.25, 0.3) is 0 Å². The maximum atomic E-state index is 11.8. The number of nitro groups is 1. The summed E-state index contributed by atoms with van der Waals surface area (Å²) in [4.78, 5) is 22.9. The van der Waals surface area contributed by atoms with E-state index in [4.69, 9.17) is 11.6 Å². The molecule has 124 valence electrons. The number of nitro benzene ring substituents is 1. The summed E-state index contributed by atoms with van der Waals surface area (Å²) in [5, 5.41) is 15.3. The zero-order valence-electron chi connectivity index (χ0n) is 12.7. The van der Waals surface area contributed by atoms with Gasteiger partial charge < -0.3 is 0 Å². The monoisotopic (exact) mass is 363 g/mol. The van der Waals surface area contributed by atoms with Crippen molar-refractivity contribution < 1.29 is 9.72 Å². The van der Waals surface area contributed by atoms with Crippen LogP contribution >= 0.6 is 23.4 Å². The Morgan fingerprint density at radius 3 is 2.42 bits per heavy atom. The summed E-state index contributed by atoms with van der Waals surface area (Å²) in [5.41, 5.74) is 3.74. The van der Waals surface area contributed by atoms with Crippen molar-refractivity contribution in [1.29, 1.82) is 0 Å². The second-order valence-corrected chi connectivity index (χ2v) is 6.26. The number of hydrazone groups is 1. The van der Waals surface area contributed by atoms with Crippen molar-refractivity contribution in [2.24, 2.45) is 5.10 Å². The SMILES string of the molecule is C/C(=N\NC(=O)CSc1ccc(Cl)cc1)c1ccc([N+](=O)[O-])cc1. The average Bonchev–Trinajstić information content (AvgIpc) is 2.59. The lowest BCUT2D eigenvalue weighted by Gasteiger charge is -2.03. The summed E-state index contributed by atoms with van der Waals surface area (Å²) in [5.74, 6) is -0.0187.